The minimum absolute atomic E-state index is 0.0430. The monoisotopic (exact) mass is 569 g/mol. The van der Waals surface area contributed by atoms with E-state index in [1.54, 1.807) is 20.0 Å². The van der Waals surface area contributed by atoms with E-state index in [0.29, 0.717) is 16.1 Å². The molecule has 0 fully saturated rings. The Morgan fingerprint density at radius 2 is 1.87 bits per heavy atom. The van der Waals surface area contributed by atoms with E-state index in [9.17, 15) is 22.8 Å². The van der Waals surface area contributed by atoms with Crippen LogP contribution in [0.15, 0.2) is 36.7 Å². The summed E-state index contributed by atoms with van der Waals surface area (Å²) in [6.07, 6.45) is -1.99. The van der Waals surface area contributed by atoms with Gasteiger partial charge in [0.25, 0.3) is 11.8 Å². The summed E-state index contributed by atoms with van der Waals surface area (Å²) in [4.78, 5) is 30.6. The lowest BCUT2D eigenvalue weighted by molar-refractivity contribution is -0.141. The van der Waals surface area contributed by atoms with Crippen molar-refractivity contribution < 1.29 is 27.5 Å². The third-order valence-corrected chi connectivity index (χ3v) is 5.71. The number of hydrogen-bond acceptors (Lipinski definition) is 6. The Hall–Kier alpha value is -3.68. The number of rotatable bonds is 7. The van der Waals surface area contributed by atoms with Crippen LogP contribution in [0.4, 0.5) is 18.9 Å². The molecule has 0 aliphatic carbocycles. The minimum atomic E-state index is -4.87. The van der Waals surface area contributed by atoms with Gasteiger partial charge in [0.2, 0.25) is 0 Å². The van der Waals surface area contributed by atoms with Crippen molar-refractivity contribution in [1.82, 2.24) is 29.9 Å². The van der Waals surface area contributed by atoms with E-state index < -0.39 is 29.4 Å². The number of hydrogen-bond donors (Lipinski definition) is 2. The van der Waals surface area contributed by atoms with Crippen LogP contribution in [0.3, 0.4) is 0 Å². The zero-order valence-corrected chi connectivity index (χ0v) is 21.6. The summed E-state index contributed by atoms with van der Waals surface area (Å²) in [5, 5.41) is 13.4. The number of halogens is 5. The van der Waals surface area contributed by atoms with E-state index in [0.717, 1.165) is 0 Å². The number of benzene rings is 1. The first-order valence-corrected chi connectivity index (χ1v) is 11.7. The molecule has 0 radical (unpaired) electrons. The molecule has 15 heteroatoms. The van der Waals surface area contributed by atoms with Gasteiger partial charge >= 0.3 is 6.18 Å². The van der Waals surface area contributed by atoms with Gasteiger partial charge in [0.15, 0.2) is 11.5 Å². The molecular weight excluding hydrogens is 550 g/mol. The molecule has 1 aromatic carbocycles. The molecule has 4 rings (SSSR count). The average Bonchev–Trinajstić information content (AvgIpc) is 3.44. The zero-order valence-electron chi connectivity index (χ0n) is 20.1. The molecule has 0 spiro atoms. The summed E-state index contributed by atoms with van der Waals surface area (Å²) in [6, 6.07) is 4.58. The summed E-state index contributed by atoms with van der Waals surface area (Å²) in [7, 11) is 1.46. The predicted octanol–water partition coefficient (Wildman–Crippen LogP) is 4.94. The quantitative estimate of drug-likeness (QED) is 0.326. The first-order chi connectivity index (χ1) is 17.9. The molecule has 10 nitrogen and oxygen atoms in total. The van der Waals surface area contributed by atoms with Gasteiger partial charge in [0, 0.05) is 37.0 Å². The third-order valence-electron chi connectivity index (χ3n) is 5.12. The Bertz CT molecular complexity index is 1530. The van der Waals surface area contributed by atoms with Gasteiger partial charge < -0.3 is 15.4 Å². The van der Waals surface area contributed by atoms with Gasteiger partial charge in [0.05, 0.1) is 21.3 Å². The maximum Gasteiger partial charge on any atom is 0.435 e. The third kappa shape index (κ3) is 5.44. The van der Waals surface area contributed by atoms with Crippen molar-refractivity contribution in [2.45, 2.75) is 32.8 Å². The number of nitrogens with zero attached hydrogens (tertiary/aromatic N) is 5. The summed E-state index contributed by atoms with van der Waals surface area (Å²) < 4.78 is 47.8. The molecule has 200 valence electrons. The van der Waals surface area contributed by atoms with Gasteiger partial charge in [-0.15, -0.1) is 0 Å². The maximum atomic E-state index is 13.5. The summed E-state index contributed by atoms with van der Waals surface area (Å²) >= 11 is 12.6. The van der Waals surface area contributed by atoms with Crippen LogP contribution in [0.5, 0.6) is 0 Å². The molecule has 0 unspecified atom stereocenters. The Balaban J connectivity index is 1.86. The molecule has 2 amide bonds. The van der Waals surface area contributed by atoms with Crippen LogP contribution in [0.1, 0.15) is 40.4 Å². The number of ether oxygens (including phenoxy) is 1. The predicted molar refractivity (Wildman–Crippen MR) is 134 cm³/mol. The van der Waals surface area contributed by atoms with Crippen LogP contribution in [0, 0.1) is 0 Å². The molecule has 0 atom stereocenters. The molecule has 0 aliphatic rings. The first kappa shape index (κ1) is 27.4. The molecule has 3 aromatic heterocycles. The molecular formula is C23H20Cl2F3N7O3. The summed E-state index contributed by atoms with van der Waals surface area (Å²) in [5.74, 6) is -1.86. The number of carbonyl (C=O) groups excluding carboxylic acids is 2. The maximum absolute atomic E-state index is 13.5. The normalized spacial score (nSPS) is 11.8. The number of amides is 2. The van der Waals surface area contributed by atoms with Crippen LogP contribution in [0.25, 0.3) is 16.7 Å². The molecule has 3 heterocycles. The van der Waals surface area contributed by atoms with Crippen LogP contribution in [0.2, 0.25) is 10.0 Å². The smallest absolute Gasteiger partial charge is 0.362 e. The highest BCUT2D eigenvalue weighted by Gasteiger charge is 2.37. The number of carbonyl (C=O) groups is 2. The SMILES string of the molecule is COCn1cc2cc(Cl)c(NC(=O)c3cc(C(F)(F)F)nn3-c3ncccc3Cl)c(C(=O)NC(C)C)c2n1. The second-order valence-corrected chi connectivity index (χ2v) is 9.16. The molecule has 0 saturated heterocycles. The Labute approximate surface area is 223 Å². The molecule has 0 saturated carbocycles. The number of pyridine rings is 1. The van der Waals surface area contributed by atoms with Crippen LogP contribution in [-0.2, 0) is 17.6 Å². The average molecular weight is 570 g/mol. The number of fused-ring (bicyclic) bond motifs is 1. The topological polar surface area (TPSA) is 116 Å². The lowest BCUT2D eigenvalue weighted by Crippen LogP contribution is -2.31. The highest BCUT2D eigenvalue weighted by Crippen LogP contribution is 2.35. The van der Waals surface area contributed by atoms with Crippen molar-refractivity contribution >= 4 is 51.6 Å². The van der Waals surface area contributed by atoms with Crippen LogP contribution >= 0.6 is 23.2 Å². The van der Waals surface area contributed by atoms with Crippen molar-refractivity contribution in [2.24, 2.45) is 0 Å². The van der Waals surface area contributed by atoms with E-state index in [1.165, 1.54) is 36.2 Å². The molecule has 0 aliphatic heterocycles. The summed E-state index contributed by atoms with van der Waals surface area (Å²) in [6.45, 7) is 3.54. The van der Waals surface area contributed by atoms with Gasteiger partial charge in [-0.05, 0) is 32.0 Å². The van der Waals surface area contributed by atoms with Crippen molar-refractivity contribution in [3.8, 4) is 5.82 Å². The number of aromatic nitrogens is 5. The molecule has 4 aromatic rings. The van der Waals surface area contributed by atoms with Gasteiger partial charge in [-0.2, -0.15) is 23.4 Å². The second kappa shape index (κ2) is 10.6. The van der Waals surface area contributed by atoms with Crippen LogP contribution < -0.4 is 10.6 Å². The van der Waals surface area contributed by atoms with Crippen molar-refractivity contribution in [2.75, 3.05) is 12.4 Å². The Kier molecular flexibility index (Phi) is 7.63. The molecule has 2 N–H and O–H groups in total. The second-order valence-electron chi connectivity index (χ2n) is 8.35. The standard InChI is InChI=1S/C23H20Cl2F3N7O3/c1-11(2)30-22(37)17-18-12(9-34(33-18)10-38-3)7-14(25)19(17)31-21(36)15-8-16(23(26,27)28)32-35(15)20-13(24)5-4-6-29-20/h4-9,11H,10H2,1-3H3,(H,30,37)(H,31,36). The molecule has 38 heavy (non-hydrogen) atoms. The highest BCUT2D eigenvalue weighted by molar-refractivity contribution is 6.36. The van der Waals surface area contributed by atoms with E-state index in [2.05, 4.69) is 25.8 Å². The van der Waals surface area contributed by atoms with E-state index in [-0.39, 0.29) is 45.4 Å². The fourth-order valence-corrected chi connectivity index (χ4v) is 4.07. The van der Waals surface area contributed by atoms with E-state index >= 15 is 0 Å². The number of methoxy groups -OCH3 is 1. The fraction of sp³-hybridized carbons (Fsp3) is 0.261. The van der Waals surface area contributed by atoms with Crippen molar-refractivity contribution in [3.63, 3.8) is 0 Å². The van der Waals surface area contributed by atoms with Crippen molar-refractivity contribution in [1.29, 1.82) is 0 Å². The van der Waals surface area contributed by atoms with Gasteiger partial charge in [-0.1, -0.05) is 23.2 Å². The lowest BCUT2D eigenvalue weighted by atomic mass is 10.1. The van der Waals surface area contributed by atoms with E-state index in [4.69, 9.17) is 27.9 Å². The molecule has 0 bridgehead atoms. The first-order valence-electron chi connectivity index (χ1n) is 11.0. The number of nitrogens with one attached hydrogen (secondary N) is 2. The fourth-order valence-electron chi connectivity index (χ4n) is 3.61. The highest BCUT2D eigenvalue weighted by atomic mass is 35.5. The number of anilines is 1. The summed E-state index contributed by atoms with van der Waals surface area (Å²) in [5.41, 5.74) is -1.94. The van der Waals surface area contributed by atoms with Gasteiger partial charge in [-0.25, -0.2) is 14.3 Å². The largest absolute Gasteiger partial charge is 0.435 e. The van der Waals surface area contributed by atoms with Crippen molar-refractivity contribution in [3.05, 3.63) is 63.7 Å². The van der Waals surface area contributed by atoms with Gasteiger partial charge in [-0.3, -0.25) is 9.59 Å². The Morgan fingerprint density at radius 3 is 2.50 bits per heavy atom. The van der Waals surface area contributed by atoms with Gasteiger partial charge in [0.1, 0.15) is 17.9 Å². The minimum Gasteiger partial charge on any atom is -0.362 e. The van der Waals surface area contributed by atoms with E-state index in [1.807, 2.05) is 0 Å². The lowest BCUT2D eigenvalue weighted by Gasteiger charge is -2.16. The van der Waals surface area contributed by atoms with Crippen LogP contribution in [-0.4, -0.2) is 49.5 Å². The Morgan fingerprint density at radius 1 is 1.13 bits per heavy atom. The number of alkyl halides is 3. The zero-order chi connectivity index (χ0) is 27.8.